The minimum absolute atomic E-state index is 0.0146. The SMILES string of the molecule is O=C(OCC12CC3CC(CC(C3)C1)C2)C(F)(F)SOO[O-].c1ccc([S+](c2ccccc2)c2ccccc2)cc1. The number of halogens is 2. The van der Waals surface area contributed by atoms with E-state index in [1.807, 2.05) is 0 Å². The summed E-state index contributed by atoms with van der Waals surface area (Å²) in [6, 6.07) is 32.2. The zero-order valence-corrected chi connectivity index (χ0v) is 23.6. The Hall–Kier alpha value is -2.43. The van der Waals surface area contributed by atoms with Gasteiger partial charge in [0.1, 0.15) is 12.0 Å². The van der Waals surface area contributed by atoms with E-state index in [9.17, 15) is 18.8 Å². The summed E-state index contributed by atoms with van der Waals surface area (Å²) in [5, 5.41) is 8.45. The van der Waals surface area contributed by atoms with Gasteiger partial charge in [-0.3, -0.25) is 5.04 Å². The van der Waals surface area contributed by atoms with Gasteiger partial charge in [-0.05, 0) is 92.7 Å². The molecule has 0 N–H and O–H groups in total. The molecule has 7 rings (SSSR count). The number of carbonyl (C=O) groups excluding carboxylic acids is 1. The first-order chi connectivity index (χ1) is 19.4. The van der Waals surface area contributed by atoms with Crippen LogP contribution in [0.1, 0.15) is 38.5 Å². The van der Waals surface area contributed by atoms with Gasteiger partial charge in [-0.2, -0.15) is 13.1 Å². The van der Waals surface area contributed by atoms with Gasteiger partial charge < -0.3 is 9.99 Å². The average Bonchev–Trinajstić information content (AvgIpc) is 2.96. The summed E-state index contributed by atoms with van der Waals surface area (Å²) in [6.07, 6.45) is 6.58. The van der Waals surface area contributed by atoms with Crippen molar-refractivity contribution in [3.05, 3.63) is 91.0 Å². The second kappa shape index (κ2) is 13.0. The molecule has 4 saturated carbocycles. The first kappa shape index (κ1) is 29.1. The van der Waals surface area contributed by atoms with E-state index in [4.69, 9.17) is 4.74 Å². The summed E-state index contributed by atoms with van der Waals surface area (Å²) in [5.41, 5.74) is -0.124. The van der Waals surface area contributed by atoms with Crippen molar-refractivity contribution in [1.82, 2.24) is 0 Å². The van der Waals surface area contributed by atoms with Crippen LogP contribution in [0.2, 0.25) is 0 Å². The number of hydrogen-bond acceptors (Lipinski definition) is 6. The van der Waals surface area contributed by atoms with Crippen LogP contribution in [0.15, 0.2) is 106 Å². The highest BCUT2D eigenvalue weighted by atomic mass is 32.2. The van der Waals surface area contributed by atoms with Crippen LogP contribution < -0.4 is 5.26 Å². The Bertz CT molecular complexity index is 1100. The molecule has 4 aliphatic rings. The quantitative estimate of drug-likeness (QED) is 0.0885. The number of carbonyl (C=O) groups is 1. The first-order valence-electron chi connectivity index (χ1n) is 13.5. The zero-order valence-electron chi connectivity index (χ0n) is 22.0. The van der Waals surface area contributed by atoms with Gasteiger partial charge in [0.15, 0.2) is 14.7 Å². The Morgan fingerprint density at radius 2 is 1.20 bits per heavy atom. The van der Waals surface area contributed by atoms with Gasteiger partial charge in [0.2, 0.25) is 0 Å². The molecular formula is C31H32F2O5S2. The van der Waals surface area contributed by atoms with E-state index in [0.29, 0.717) is 17.8 Å². The van der Waals surface area contributed by atoms with Crippen LogP contribution in [0, 0.1) is 23.2 Å². The van der Waals surface area contributed by atoms with Crippen molar-refractivity contribution < 1.29 is 32.9 Å². The fourth-order valence-corrected chi connectivity index (χ4v) is 9.28. The first-order valence-corrected chi connectivity index (χ1v) is 15.4. The summed E-state index contributed by atoms with van der Waals surface area (Å²) in [5.74, 6) is 0.284. The summed E-state index contributed by atoms with van der Waals surface area (Å²) in [6.45, 7) is 0.0315. The zero-order chi connectivity index (χ0) is 28.0. The maximum atomic E-state index is 13.3. The lowest BCUT2D eigenvalue weighted by Gasteiger charge is -2.56. The standard InChI is InChI=1S/C18H15S.C13H18F2O5S/c1-4-10-16(11-5-1)19(17-12-6-2-7-13-17)18-14-8-3-9-15-18;14-13(15,21-20-19-17)11(16)18-7-12-4-8-1-9(5-12)3-10(2-8)6-12/h1-15H;8-10,17H,1-7H2/q+1;/p-1. The number of esters is 1. The number of benzene rings is 3. The molecule has 0 aliphatic heterocycles. The van der Waals surface area contributed by atoms with Crippen LogP contribution in [0.25, 0.3) is 0 Å². The predicted molar refractivity (Wildman–Crippen MR) is 148 cm³/mol. The number of hydrogen-bond donors (Lipinski definition) is 0. The summed E-state index contributed by atoms with van der Waals surface area (Å²) >= 11 is -0.639. The Labute approximate surface area is 240 Å². The van der Waals surface area contributed by atoms with E-state index in [1.54, 1.807) is 0 Å². The Morgan fingerprint density at radius 3 is 1.57 bits per heavy atom. The fourth-order valence-electron chi connectivity index (χ4n) is 6.94. The van der Waals surface area contributed by atoms with Gasteiger partial charge in [0, 0.05) is 5.41 Å². The highest BCUT2D eigenvalue weighted by molar-refractivity contribution is 7.97. The van der Waals surface area contributed by atoms with Gasteiger partial charge in [-0.15, -0.1) is 0 Å². The maximum Gasteiger partial charge on any atom is 0.415 e. The second-order valence-electron chi connectivity index (χ2n) is 11.0. The minimum atomic E-state index is -3.94. The summed E-state index contributed by atoms with van der Waals surface area (Å²) < 4.78 is 35.0. The van der Waals surface area contributed by atoms with E-state index < -0.39 is 23.3 Å². The molecule has 3 aromatic rings. The van der Waals surface area contributed by atoms with Gasteiger partial charge >= 0.3 is 11.2 Å². The molecule has 0 radical (unpaired) electrons. The van der Waals surface area contributed by atoms with E-state index in [-0.39, 0.29) is 22.9 Å². The molecule has 4 aliphatic carbocycles. The minimum Gasteiger partial charge on any atom is -0.691 e. The molecule has 212 valence electrons. The van der Waals surface area contributed by atoms with Crippen molar-refractivity contribution in [3.8, 4) is 0 Å². The highest BCUT2D eigenvalue weighted by Crippen LogP contribution is 2.60. The van der Waals surface area contributed by atoms with Crippen LogP contribution in [-0.4, -0.2) is 17.8 Å². The van der Waals surface area contributed by atoms with Gasteiger partial charge in [0.05, 0.1) is 17.5 Å². The van der Waals surface area contributed by atoms with Crippen molar-refractivity contribution in [2.45, 2.75) is 58.5 Å². The molecule has 0 amide bonds. The number of rotatable bonds is 9. The smallest absolute Gasteiger partial charge is 0.415 e. The normalized spacial score (nSPS) is 24.9. The fraction of sp³-hybridized carbons (Fsp3) is 0.387. The molecule has 5 nitrogen and oxygen atoms in total. The monoisotopic (exact) mass is 586 g/mol. The molecule has 0 saturated heterocycles. The lowest BCUT2D eigenvalue weighted by molar-refractivity contribution is -0.777. The molecule has 0 unspecified atom stereocenters. The van der Waals surface area contributed by atoms with Crippen molar-refractivity contribution in [2.75, 3.05) is 6.61 Å². The summed E-state index contributed by atoms with van der Waals surface area (Å²) in [4.78, 5) is 15.5. The van der Waals surface area contributed by atoms with Crippen LogP contribution in [0.5, 0.6) is 0 Å². The Kier molecular flexibility index (Phi) is 9.48. The second-order valence-corrected chi connectivity index (χ2v) is 13.8. The van der Waals surface area contributed by atoms with Crippen molar-refractivity contribution >= 4 is 28.9 Å². The molecule has 4 fully saturated rings. The molecule has 0 spiro atoms. The van der Waals surface area contributed by atoms with Gasteiger partial charge in [-0.25, -0.2) is 4.79 Å². The molecule has 3 aromatic carbocycles. The van der Waals surface area contributed by atoms with E-state index in [1.165, 1.54) is 33.9 Å². The number of alkyl halides is 2. The highest BCUT2D eigenvalue weighted by Gasteiger charge is 2.52. The van der Waals surface area contributed by atoms with E-state index in [2.05, 4.69) is 100 Å². The third kappa shape index (κ3) is 7.06. The maximum absolute atomic E-state index is 13.3. The van der Waals surface area contributed by atoms with E-state index in [0.717, 1.165) is 19.3 Å². The third-order valence-electron chi connectivity index (χ3n) is 8.02. The van der Waals surface area contributed by atoms with E-state index >= 15 is 0 Å². The molecule has 4 bridgehead atoms. The van der Waals surface area contributed by atoms with Crippen molar-refractivity contribution in [3.63, 3.8) is 0 Å². The third-order valence-corrected chi connectivity index (χ3v) is 10.7. The largest absolute Gasteiger partial charge is 0.691 e. The molecule has 0 heterocycles. The van der Waals surface area contributed by atoms with Crippen molar-refractivity contribution in [1.29, 1.82) is 0 Å². The predicted octanol–water partition coefficient (Wildman–Crippen LogP) is 6.99. The molecular weight excluding hydrogens is 554 g/mol. The van der Waals surface area contributed by atoms with Crippen LogP contribution >= 0.6 is 12.0 Å². The Morgan fingerprint density at radius 1 is 0.800 bits per heavy atom. The Balaban J connectivity index is 0.000000162. The molecule has 0 atom stereocenters. The number of ether oxygens (including phenoxy) is 1. The van der Waals surface area contributed by atoms with Gasteiger partial charge in [-0.1, -0.05) is 54.6 Å². The molecule has 40 heavy (non-hydrogen) atoms. The summed E-state index contributed by atoms with van der Waals surface area (Å²) in [7, 11) is -0.0146. The van der Waals surface area contributed by atoms with Gasteiger partial charge in [0.25, 0.3) is 0 Å². The lowest BCUT2D eigenvalue weighted by atomic mass is 9.50. The average molecular weight is 587 g/mol. The topological polar surface area (TPSA) is 67.8 Å². The molecule has 0 aromatic heterocycles. The van der Waals surface area contributed by atoms with Crippen LogP contribution in [-0.2, 0) is 29.8 Å². The van der Waals surface area contributed by atoms with Crippen LogP contribution in [0.3, 0.4) is 0 Å². The van der Waals surface area contributed by atoms with Crippen LogP contribution in [0.4, 0.5) is 8.78 Å². The lowest BCUT2D eigenvalue weighted by Crippen LogP contribution is -2.49. The van der Waals surface area contributed by atoms with Crippen molar-refractivity contribution in [2.24, 2.45) is 23.2 Å². The molecule has 9 heteroatoms.